The molecule has 0 amide bonds. The Balaban J connectivity index is 1.81. The van der Waals surface area contributed by atoms with Crippen molar-refractivity contribution in [2.75, 3.05) is 6.54 Å². The second kappa shape index (κ2) is 6.08. The zero-order chi connectivity index (χ0) is 15.6. The third kappa shape index (κ3) is 2.84. The van der Waals surface area contributed by atoms with Crippen molar-refractivity contribution in [3.05, 3.63) is 54.2 Å². The van der Waals surface area contributed by atoms with Gasteiger partial charge < -0.3 is 5.32 Å². The highest BCUT2D eigenvalue weighted by molar-refractivity contribution is 5.73. The van der Waals surface area contributed by atoms with Crippen LogP contribution in [0, 0.1) is 5.82 Å². The summed E-state index contributed by atoms with van der Waals surface area (Å²) in [5.41, 5.74) is 2.41. The summed E-state index contributed by atoms with van der Waals surface area (Å²) in [6.45, 7) is 1.06. The van der Waals surface area contributed by atoms with Crippen molar-refractivity contribution in [3.8, 4) is 5.69 Å². The normalized spacial score (nSPS) is 18.4. The monoisotopic (exact) mass is 310 g/mol. The van der Waals surface area contributed by atoms with E-state index >= 15 is 0 Å². The van der Waals surface area contributed by atoms with Gasteiger partial charge in [0.15, 0.2) is 5.65 Å². The van der Waals surface area contributed by atoms with Crippen LogP contribution < -0.4 is 5.32 Å². The lowest BCUT2D eigenvalue weighted by molar-refractivity contribution is 0.393. The average molecular weight is 310 g/mol. The molecule has 3 aromatic rings. The lowest BCUT2D eigenvalue weighted by Crippen LogP contribution is -2.36. The fraction of sp³-hybridized carbons (Fsp3) is 0.333. The zero-order valence-corrected chi connectivity index (χ0v) is 12.9. The van der Waals surface area contributed by atoms with Crippen molar-refractivity contribution < 1.29 is 4.39 Å². The van der Waals surface area contributed by atoms with Crippen LogP contribution in [0.1, 0.15) is 25.1 Å². The van der Waals surface area contributed by atoms with Crippen molar-refractivity contribution in [1.29, 1.82) is 0 Å². The molecule has 1 atom stereocenters. The van der Waals surface area contributed by atoms with Gasteiger partial charge in [0.1, 0.15) is 17.2 Å². The van der Waals surface area contributed by atoms with Gasteiger partial charge >= 0.3 is 0 Å². The molecule has 5 heteroatoms. The Hall–Kier alpha value is -2.27. The third-order valence-electron chi connectivity index (χ3n) is 4.39. The molecule has 1 N–H and O–H groups in total. The lowest BCUT2D eigenvalue weighted by Gasteiger charge is -2.23. The first-order valence-electron chi connectivity index (χ1n) is 8.13. The van der Waals surface area contributed by atoms with Crippen LogP contribution in [-0.2, 0) is 6.42 Å². The number of fused-ring (bicyclic) bond motifs is 1. The quantitative estimate of drug-likeness (QED) is 0.807. The number of halogens is 1. The molecule has 1 saturated heterocycles. The lowest BCUT2D eigenvalue weighted by atomic mass is 10.0. The van der Waals surface area contributed by atoms with Crippen molar-refractivity contribution >= 4 is 11.2 Å². The molecular weight excluding hydrogens is 291 g/mol. The standard InChI is InChI=1S/C18H19FN4/c19-13-5-3-7-15(11-13)23-17(12-14-6-1-2-9-20-14)22-16-8-4-10-21-18(16)23/h3-5,7-8,10-11,14,20H,1-2,6,9,12H2. The van der Waals surface area contributed by atoms with Crippen LogP contribution >= 0.6 is 0 Å². The number of nitrogens with one attached hydrogen (secondary N) is 1. The molecule has 0 radical (unpaired) electrons. The number of piperidine rings is 1. The van der Waals surface area contributed by atoms with Gasteiger partial charge in [-0.15, -0.1) is 0 Å². The Morgan fingerprint density at radius 3 is 3.00 bits per heavy atom. The molecule has 0 aliphatic carbocycles. The minimum absolute atomic E-state index is 0.248. The van der Waals surface area contributed by atoms with Crippen molar-refractivity contribution in [2.45, 2.75) is 31.7 Å². The van der Waals surface area contributed by atoms with Crippen LogP contribution in [0.4, 0.5) is 4.39 Å². The molecule has 1 fully saturated rings. The molecule has 1 aliphatic heterocycles. The zero-order valence-electron chi connectivity index (χ0n) is 12.9. The van der Waals surface area contributed by atoms with E-state index in [-0.39, 0.29) is 5.82 Å². The molecule has 4 nitrogen and oxygen atoms in total. The van der Waals surface area contributed by atoms with E-state index in [0.717, 1.165) is 42.1 Å². The molecular formula is C18H19FN4. The molecule has 1 aliphatic rings. The number of benzene rings is 1. The highest BCUT2D eigenvalue weighted by atomic mass is 19.1. The smallest absolute Gasteiger partial charge is 0.164 e. The van der Waals surface area contributed by atoms with E-state index in [1.807, 2.05) is 22.8 Å². The highest BCUT2D eigenvalue weighted by Gasteiger charge is 2.19. The Morgan fingerprint density at radius 2 is 2.17 bits per heavy atom. The third-order valence-corrected chi connectivity index (χ3v) is 4.39. The summed E-state index contributed by atoms with van der Waals surface area (Å²) < 4.78 is 15.7. The molecule has 118 valence electrons. The first kappa shape index (κ1) is 14.3. The van der Waals surface area contributed by atoms with Crippen LogP contribution in [0.2, 0.25) is 0 Å². The minimum atomic E-state index is -0.248. The summed E-state index contributed by atoms with van der Waals surface area (Å²) in [5, 5.41) is 3.55. The van der Waals surface area contributed by atoms with E-state index in [9.17, 15) is 4.39 Å². The molecule has 0 bridgehead atoms. The van der Waals surface area contributed by atoms with Gasteiger partial charge in [-0.3, -0.25) is 4.57 Å². The second-order valence-corrected chi connectivity index (χ2v) is 6.04. The van der Waals surface area contributed by atoms with Gasteiger partial charge in [-0.05, 0) is 49.7 Å². The van der Waals surface area contributed by atoms with E-state index in [4.69, 9.17) is 4.98 Å². The van der Waals surface area contributed by atoms with Crippen molar-refractivity contribution in [2.24, 2.45) is 0 Å². The molecule has 2 aromatic heterocycles. The number of pyridine rings is 1. The largest absolute Gasteiger partial charge is 0.314 e. The molecule has 1 aromatic carbocycles. The van der Waals surface area contributed by atoms with Crippen LogP contribution in [0.25, 0.3) is 16.9 Å². The van der Waals surface area contributed by atoms with Crippen LogP contribution in [-0.4, -0.2) is 27.1 Å². The predicted octanol–water partition coefficient (Wildman–Crippen LogP) is 3.24. The van der Waals surface area contributed by atoms with Crippen LogP contribution in [0.3, 0.4) is 0 Å². The van der Waals surface area contributed by atoms with E-state index < -0.39 is 0 Å². The number of nitrogens with zero attached hydrogens (tertiary/aromatic N) is 3. The second-order valence-electron chi connectivity index (χ2n) is 6.04. The van der Waals surface area contributed by atoms with E-state index in [1.165, 1.54) is 25.0 Å². The van der Waals surface area contributed by atoms with Gasteiger partial charge in [0.2, 0.25) is 0 Å². The van der Waals surface area contributed by atoms with E-state index in [0.29, 0.717) is 6.04 Å². The first-order chi connectivity index (χ1) is 11.3. The first-order valence-corrected chi connectivity index (χ1v) is 8.13. The summed E-state index contributed by atoms with van der Waals surface area (Å²) in [7, 11) is 0. The number of rotatable bonds is 3. The summed E-state index contributed by atoms with van der Waals surface area (Å²) in [6, 6.07) is 10.9. The Labute approximate surface area is 134 Å². The van der Waals surface area contributed by atoms with Gasteiger partial charge in [-0.25, -0.2) is 14.4 Å². The molecule has 4 rings (SSSR count). The molecule has 0 saturated carbocycles. The molecule has 3 heterocycles. The van der Waals surface area contributed by atoms with E-state index in [1.54, 1.807) is 12.3 Å². The van der Waals surface area contributed by atoms with Crippen LogP contribution in [0.15, 0.2) is 42.6 Å². The summed E-state index contributed by atoms with van der Waals surface area (Å²) in [5.74, 6) is 0.686. The molecule has 23 heavy (non-hydrogen) atoms. The summed E-state index contributed by atoms with van der Waals surface area (Å²) in [6.07, 6.45) is 6.21. The maximum absolute atomic E-state index is 13.7. The number of imidazole rings is 1. The number of aromatic nitrogens is 3. The number of hydrogen-bond acceptors (Lipinski definition) is 3. The molecule has 0 spiro atoms. The van der Waals surface area contributed by atoms with E-state index in [2.05, 4.69) is 10.3 Å². The van der Waals surface area contributed by atoms with Crippen molar-refractivity contribution in [3.63, 3.8) is 0 Å². The average Bonchev–Trinajstić information content (AvgIpc) is 2.93. The summed E-state index contributed by atoms with van der Waals surface area (Å²) in [4.78, 5) is 9.21. The highest BCUT2D eigenvalue weighted by Crippen LogP contribution is 2.22. The van der Waals surface area contributed by atoms with Gasteiger partial charge in [0.05, 0.1) is 5.69 Å². The molecule has 1 unspecified atom stereocenters. The Bertz CT molecular complexity index is 821. The maximum Gasteiger partial charge on any atom is 0.164 e. The fourth-order valence-electron chi connectivity index (χ4n) is 3.30. The predicted molar refractivity (Wildman–Crippen MR) is 88.2 cm³/mol. The Kier molecular flexibility index (Phi) is 3.79. The summed E-state index contributed by atoms with van der Waals surface area (Å²) >= 11 is 0. The topological polar surface area (TPSA) is 42.7 Å². The number of hydrogen-bond donors (Lipinski definition) is 1. The Morgan fingerprint density at radius 1 is 1.22 bits per heavy atom. The van der Waals surface area contributed by atoms with Gasteiger partial charge in [-0.1, -0.05) is 12.5 Å². The SMILES string of the molecule is Fc1cccc(-n2c(CC3CCCCN3)nc3cccnc32)c1. The minimum Gasteiger partial charge on any atom is -0.314 e. The van der Waals surface area contributed by atoms with Gasteiger partial charge in [0.25, 0.3) is 0 Å². The van der Waals surface area contributed by atoms with Crippen molar-refractivity contribution in [1.82, 2.24) is 19.9 Å². The van der Waals surface area contributed by atoms with Gasteiger partial charge in [0, 0.05) is 18.7 Å². The maximum atomic E-state index is 13.7. The van der Waals surface area contributed by atoms with Gasteiger partial charge in [-0.2, -0.15) is 0 Å². The fourth-order valence-corrected chi connectivity index (χ4v) is 3.30. The van der Waals surface area contributed by atoms with Crippen LogP contribution in [0.5, 0.6) is 0 Å².